The first-order valence-corrected chi connectivity index (χ1v) is 4.62. The molecule has 0 amide bonds. The summed E-state index contributed by atoms with van der Waals surface area (Å²) in [4.78, 5) is 3.46. The van der Waals surface area contributed by atoms with Gasteiger partial charge in [0.1, 0.15) is 5.82 Å². The lowest BCUT2D eigenvalue weighted by atomic mass is 10.2. The predicted octanol–water partition coefficient (Wildman–Crippen LogP) is 1.48. The van der Waals surface area contributed by atoms with Gasteiger partial charge >= 0.3 is 6.18 Å². The molecule has 1 rings (SSSR count). The number of halogens is 3. The predicted molar refractivity (Wildman–Crippen MR) is 53.8 cm³/mol. The van der Waals surface area contributed by atoms with E-state index in [2.05, 4.69) is 10.3 Å². The Kier molecular flexibility index (Phi) is 3.94. The van der Waals surface area contributed by atoms with E-state index in [9.17, 15) is 13.2 Å². The number of nitrogens with two attached hydrogens (primary N) is 1. The van der Waals surface area contributed by atoms with Crippen LogP contribution in [-0.4, -0.2) is 23.2 Å². The molecule has 4 N–H and O–H groups in total. The van der Waals surface area contributed by atoms with Gasteiger partial charge in [0.2, 0.25) is 0 Å². The Morgan fingerprint density at radius 2 is 2.12 bits per heavy atom. The number of aliphatic hydroxyl groups is 1. The third kappa shape index (κ3) is 3.27. The molecule has 0 atom stereocenters. The number of nitrogens with zero attached hydrogens (tertiary/aromatic N) is 1. The Morgan fingerprint density at radius 3 is 2.69 bits per heavy atom. The van der Waals surface area contributed by atoms with Crippen LogP contribution in [0.15, 0.2) is 12.3 Å². The molecule has 0 fully saturated rings. The fraction of sp³-hybridized carbons (Fsp3) is 0.444. The maximum absolute atomic E-state index is 12.3. The van der Waals surface area contributed by atoms with Gasteiger partial charge in [0, 0.05) is 19.3 Å². The minimum Gasteiger partial charge on any atom is -0.396 e. The van der Waals surface area contributed by atoms with Crippen molar-refractivity contribution in [1.82, 2.24) is 4.98 Å². The minimum atomic E-state index is -4.44. The first kappa shape index (κ1) is 12.6. The van der Waals surface area contributed by atoms with E-state index in [1.807, 2.05) is 0 Å². The second-order valence-corrected chi connectivity index (χ2v) is 3.16. The van der Waals surface area contributed by atoms with E-state index in [-0.39, 0.29) is 18.1 Å². The number of alkyl halides is 3. The summed E-state index contributed by atoms with van der Waals surface area (Å²) in [6, 6.07) is 0.902. The van der Waals surface area contributed by atoms with Gasteiger partial charge in [-0.25, -0.2) is 4.98 Å². The molecule has 90 valence electrons. The topological polar surface area (TPSA) is 71.2 Å². The highest BCUT2D eigenvalue weighted by Gasteiger charge is 2.31. The molecular weight excluding hydrogens is 223 g/mol. The molecular formula is C9H12F3N3O. The Hall–Kier alpha value is -1.50. The zero-order valence-electron chi connectivity index (χ0n) is 8.38. The number of aromatic nitrogens is 1. The van der Waals surface area contributed by atoms with Crippen molar-refractivity contribution in [3.8, 4) is 0 Å². The Morgan fingerprint density at radius 1 is 1.44 bits per heavy atom. The Bertz CT molecular complexity index is 354. The fourth-order valence-corrected chi connectivity index (χ4v) is 1.07. The summed E-state index contributed by atoms with van der Waals surface area (Å²) in [5.41, 5.74) is 4.69. The molecule has 16 heavy (non-hydrogen) atoms. The second kappa shape index (κ2) is 5.02. The molecule has 0 aromatic carbocycles. The zero-order valence-corrected chi connectivity index (χ0v) is 8.38. The lowest BCUT2D eigenvalue weighted by Crippen LogP contribution is -2.11. The summed E-state index contributed by atoms with van der Waals surface area (Å²) in [6.07, 6.45) is -3.32. The number of aliphatic hydroxyl groups excluding tert-OH is 1. The summed E-state index contributed by atoms with van der Waals surface area (Å²) in [7, 11) is 0. The van der Waals surface area contributed by atoms with Crippen molar-refractivity contribution in [2.24, 2.45) is 0 Å². The van der Waals surface area contributed by atoms with Crippen molar-refractivity contribution >= 4 is 11.5 Å². The van der Waals surface area contributed by atoms with Gasteiger partial charge in [-0.05, 0) is 12.5 Å². The van der Waals surface area contributed by atoms with Crippen LogP contribution in [0.5, 0.6) is 0 Å². The van der Waals surface area contributed by atoms with Gasteiger partial charge in [-0.2, -0.15) is 13.2 Å². The van der Waals surface area contributed by atoms with E-state index in [0.29, 0.717) is 19.2 Å². The van der Waals surface area contributed by atoms with E-state index >= 15 is 0 Å². The molecule has 0 spiro atoms. The lowest BCUT2D eigenvalue weighted by molar-refractivity contribution is -0.137. The van der Waals surface area contributed by atoms with E-state index in [1.54, 1.807) is 0 Å². The fourth-order valence-electron chi connectivity index (χ4n) is 1.07. The first-order valence-electron chi connectivity index (χ1n) is 4.62. The number of anilines is 2. The Labute approximate surface area is 90.3 Å². The molecule has 1 aromatic heterocycles. The molecule has 0 bridgehead atoms. The maximum Gasteiger partial charge on any atom is 0.417 e. The number of nitrogen functional groups attached to an aromatic ring is 1. The molecule has 0 aliphatic heterocycles. The van der Waals surface area contributed by atoms with Crippen molar-refractivity contribution in [3.05, 3.63) is 17.8 Å². The van der Waals surface area contributed by atoms with Crippen LogP contribution in [0.2, 0.25) is 0 Å². The van der Waals surface area contributed by atoms with Gasteiger partial charge in [0.15, 0.2) is 0 Å². The minimum absolute atomic E-state index is 0.00550. The summed E-state index contributed by atoms with van der Waals surface area (Å²) in [6.45, 7) is 0.295. The van der Waals surface area contributed by atoms with Crippen molar-refractivity contribution < 1.29 is 18.3 Å². The van der Waals surface area contributed by atoms with Crippen molar-refractivity contribution in [3.63, 3.8) is 0 Å². The largest absolute Gasteiger partial charge is 0.417 e. The summed E-state index contributed by atoms with van der Waals surface area (Å²) >= 11 is 0. The number of rotatable bonds is 4. The van der Waals surface area contributed by atoms with E-state index in [0.717, 1.165) is 6.07 Å². The smallest absolute Gasteiger partial charge is 0.396 e. The highest BCUT2D eigenvalue weighted by molar-refractivity contribution is 5.62. The van der Waals surface area contributed by atoms with Crippen LogP contribution in [0.25, 0.3) is 0 Å². The average molecular weight is 235 g/mol. The highest BCUT2D eigenvalue weighted by atomic mass is 19.4. The summed E-state index contributed by atoms with van der Waals surface area (Å²) < 4.78 is 37.0. The summed E-state index contributed by atoms with van der Waals surface area (Å²) in [5, 5.41) is 11.2. The van der Waals surface area contributed by atoms with Gasteiger partial charge in [-0.1, -0.05) is 0 Å². The molecule has 1 heterocycles. The zero-order chi connectivity index (χ0) is 12.2. The van der Waals surface area contributed by atoms with E-state index in [1.165, 1.54) is 0 Å². The van der Waals surface area contributed by atoms with Crippen LogP contribution in [0, 0.1) is 0 Å². The lowest BCUT2D eigenvalue weighted by Gasteiger charge is -2.11. The van der Waals surface area contributed by atoms with Crippen LogP contribution in [0.1, 0.15) is 12.0 Å². The van der Waals surface area contributed by atoms with E-state index < -0.39 is 11.7 Å². The van der Waals surface area contributed by atoms with Crippen LogP contribution in [0.3, 0.4) is 0 Å². The van der Waals surface area contributed by atoms with Gasteiger partial charge < -0.3 is 16.2 Å². The molecule has 0 saturated carbocycles. The average Bonchev–Trinajstić information content (AvgIpc) is 2.19. The Balaban J connectivity index is 2.83. The third-order valence-corrected chi connectivity index (χ3v) is 1.90. The van der Waals surface area contributed by atoms with Gasteiger partial charge in [-0.3, -0.25) is 0 Å². The molecule has 0 aliphatic rings. The van der Waals surface area contributed by atoms with Crippen LogP contribution < -0.4 is 11.1 Å². The number of nitrogens with one attached hydrogen (secondary N) is 1. The van der Waals surface area contributed by atoms with Crippen molar-refractivity contribution in [1.29, 1.82) is 0 Å². The molecule has 0 unspecified atom stereocenters. The molecule has 0 saturated heterocycles. The molecule has 7 heteroatoms. The standard InChI is InChI=1S/C9H12F3N3O/c10-9(11,12)6-4-7(8(13)15-5-6)14-2-1-3-16/h4-5,14,16H,1-3H2,(H2,13,15). The SMILES string of the molecule is Nc1ncc(C(F)(F)F)cc1NCCCO. The third-order valence-electron chi connectivity index (χ3n) is 1.90. The quantitative estimate of drug-likeness (QED) is 0.691. The second-order valence-electron chi connectivity index (χ2n) is 3.16. The van der Waals surface area contributed by atoms with Crippen LogP contribution in [-0.2, 0) is 6.18 Å². The number of hydrogen-bond donors (Lipinski definition) is 3. The monoisotopic (exact) mass is 235 g/mol. The van der Waals surface area contributed by atoms with Crippen LogP contribution >= 0.6 is 0 Å². The van der Waals surface area contributed by atoms with Crippen molar-refractivity contribution in [2.45, 2.75) is 12.6 Å². The maximum atomic E-state index is 12.3. The van der Waals surface area contributed by atoms with Gasteiger partial charge in [0.25, 0.3) is 0 Å². The van der Waals surface area contributed by atoms with Crippen molar-refractivity contribution in [2.75, 3.05) is 24.2 Å². The molecule has 0 aliphatic carbocycles. The highest BCUT2D eigenvalue weighted by Crippen LogP contribution is 2.31. The molecule has 4 nitrogen and oxygen atoms in total. The molecule has 1 aromatic rings. The number of pyridine rings is 1. The van der Waals surface area contributed by atoms with E-state index in [4.69, 9.17) is 10.8 Å². The van der Waals surface area contributed by atoms with Gasteiger partial charge in [0.05, 0.1) is 11.3 Å². The van der Waals surface area contributed by atoms with Gasteiger partial charge in [-0.15, -0.1) is 0 Å². The summed E-state index contributed by atoms with van der Waals surface area (Å²) in [5.74, 6) is 0.00550. The molecule has 0 radical (unpaired) electrons. The number of hydrogen-bond acceptors (Lipinski definition) is 4. The van der Waals surface area contributed by atoms with Crippen LogP contribution in [0.4, 0.5) is 24.7 Å². The first-order chi connectivity index (χ1) is 7.45. The normalized spacial score (nSPS) is 11.5.